The molecule has 24 heavy (non-hydrogen) atoms. The first-order valence-corrected chi connectivity index (χ1v) is 8.38. The third kappa shape index (κ3) is 5.69. The molecular weight excluding hydrogens is 325 g/mol. The van der Waals surface area contributed by atoms with E-state index in [1.54, 1.807) is 12.1 Å². The lowest BCUT2D eigenvalue weighted by atomic mass is 10.2. The van der Waals surface area contributed by atoms with Gasteiger partial charge in [0.15, 0.2) is 0 Å². The van der Waals surface area contributed by atoms with E-state index in [-0.39, 0.29) is 18.3 Å². The maximum Gasteiger partial charge on any atom is 0.238 e. The number of hydrogen-bond donors (Lipinski definition) is 1. The molecule has 0 aliphatic carbocycles. The van der Waals surface area contributed by atoms with Gasteiger partial charge in [-0.15, -0.1) is 11.8 Å². The van der Waals surface area contributed by atoms with Gasteiger partial charge in [-0.1, -0.05) is 24.3 Å². The molecule has 1 N–H and O–H groups in total. The van der Waals surface area contributed by atoms with Gasteiger partial charge in [0.2, 0.25) is 5.91 Å². The van der Waals surface area contributed by atoms with Gasteiger partial charge in [0, 0.05) is 11.4 Å². The standard InChI is InChI=1S/C18H18FN3OS/c1-22(12-14-6-8-15(19)9-7-14)13-18(23)21-16-4-2-3-5-17(16)24-11-10-20/h2-9H,11-13H2,1H3,(H,21,23). The van der Waals surface area contributed by atoms with Crippen LogP contribution in [0.15, 0.2) is 53.4 Å². The number of hydrogen-bond acceptors (Lipinski definition) is 4. The number of rotatable bonds is 7. The van der Waals surface area contributed by atoms with Crippen molar-refractivity contribution in [2.24, 2.45) is 0 Å². The molecule has 0 saturated carbocycles. The summed E-state index contributed by atoms with van der Waals surface area (Å²) in [6, 6.07) is 15.7. The molecule has 0 atom stereocenters. The molecule has 2 rings (SSSR count). The fourth-order valence-electron chi connectivity index (χ4n) is 2.20. The average Bonchev–Trinajstić information content (AvgIpc) is 2.56. The first kappa shape index (κ1) is 18.0. The van der Waals surface area contributed by atoms with Crippen LogP contribution >= 0.6 is 11.8 Å². The van der Waals surface area contributed by atoms with Crippen molar-refractivity contribution in [1.29, 1.82) is 5.26 Å². The van der Waals surface area contributed by atoms with E-state index in [0.29, 0.717) is 18.0 Å². The van der Waals surface area contributed by atoms with Gasteiger partial charge in [0.1, 0.15) is 5.82 Å². The number of carbonyl (C=O) groups is 1. The van der Waals surface area contributed by atoms with Gasteiger partial charge in [-0.2, -0.15) is 5.26 Å². The minimum atomic E-state index is -0.273. The van der Waals surface area contributed by atoms with Gasteiger partial charge in [0.05, 0.1) is 24.1 Å². The van der Waals surface area contributed by atoms with Crippen LogP contribution in [0.1, 0.15) is 5.56 Å². The molecule has 0 aliphatic heterocycles. The topological polar surface area (TPSA) is 56.1 Å². The highest BCUT2D eigenvalue weighted by molar-refractivity contribution is 7.99. The van der Waals surface area contributed by atoms with Crippen molar-refractivity contribution in [2.45, 2.75) is 11.4 Å². The minimum Gasteiger partial charge on any atom is -0.324 e. The van der Waals surface area contributed by atoms with E-state index in [1.165, 1.54) is 23.9 Å². The Bertz CT molecular complexity index is 728. The number of nitriles is 1. The second-order valence-electron chi connectivity index (χ2n) is 5.29. The normalized spacial score (nSPS) is 10.4. The van der Waals surface area contributed by atoms with Gasteiger partial charge in [-0.05, 0) is 36.9 Å². The number of halogens is 1. The lowest BCUT2D eigenvalue weighted by Crippen LogP contribution is -2.30. The van der Waals surface area contributed by atoms with Crippen LogP contribution in [0.5, 0.6) is 0 Å². The summed E-state index contributed by atoms with van der Waals surface area (Å²) in [5, 5.41) is 11.6. The zero-order valence-electron chi connectivity index (χ0n) is 13.3. The monoisotopic (exact) mass is 343 g/mol. The highest BCUT2D eigenvalue weighted by Gasteiger charge is 2.10. The molecule has 0 fully saturated rings. The number of anilines is 1. The van der Waals surface area contributed by atoms with Crippen molar-refractivity contribution in [3.63, 3.8) is 0 Å². The van der Waals surface area contributed by atoms with Crippen LogP contribution in [0.2, 0.25) is 0 Å². The van der Waals surface area contributed by atoms with E-state index in [0.717, 1.165) is 10.5 Å². The molecule has 1 amide bonds. The summed E-state index contributed by atoms with van der Waals surface area (Å²) in [6.45, 7) is 0.771. The van der Waals surface area contributed by atoms with Crippen molar-refractivity contribution in [2.75, 3.05) is 24.7 Å². The van der Waals surface area contributed by atoms with Gasteiger partial charge in [0.25, 0.3) is 0 Å². The third-order valence-electron chi connectivity index (χ3n) is 3.23. The quantitative estimate of drug-likeness (QED) is 0.782. The minimum absolute atomic E-state index is 0.135. The van der Waals surface area contributed by atoms with Crippen LogP contribution in [0.4, 0.5) is 10.1 Å². The van der Waals surface area contributed by atoms with E-state index in [2.05, 4.69) is 11.4 Å². The SMILES string of the molecule is CN(CC(=O)Nc1ccccc1SCC#N)Cc1ccc(F)cc1. The summed E-state index contributed by atoms with van der Waals surface area (Å²) in [5.74, 6) is -0.0765. The van der Waals surface area contributed by atoms with Crippen LogP contribution < -0.4 is 5.32 Å². The van der Waals surface area contributed by atoms with E-state index in [9.17, 15) is 9.18 Å². The van der Waals surface area contributed by atoms with Crippen molar-refractivity contribution < 1.29 is 9.18 Å². The number of likely N-dealkylation sites (N-methyl/N-ethyl adjacent to an activating group) is 1. The van der Waals surface area contributed by atoms with Crippen molar-refractivity contribution in [1.82, 2.24) is 4.90 Å². The van der Waals surface area contributed by atoms with E-state index in [4.69, 9.17) is 5.26 Å². The van der Waals surface area contributed by atoms with Gasteiger partial charge in [-0.3, -0.25) is 9.69 Å². The first-order chi connectivity index (χ1) is 11.6. The molecule has 0 unspecified atom stereocenters. The molecule has 2 aromatic rings. The van der Waals surface area contributed by atoms with Gasteiger partial charge >= 0.3 is 0 Å². The Balaban J connectivity index is 1.91. The summed E-state index contributed by atoms with van der Waals surface area (Å²) < 4.78 is 12.9. The van der Waals surface area contributed by atoms with E-state index in [1.807, 2.05) is 36.2 Å². The first-order valence-electron chi connectivity index (χ1n) is 7.40. The molecule has 0 aromatic heterocycles. The Hall–Kier alpha value is -2.36. The maximum absolute atomic E-state index is 12.9. The molecule has 2 aromatic carbocycles. The zero-order valence-corrected chi connectivity index (χ0v) is 14.1. The Labute approximate surface area is 145 Å². The molecule has 0 spiro atoms. The molecule has 124 valence electrons. The summed E-state index contributed by atoms with van der Waals surface area (Å²) in [4.78, 5) is 14.9. The predicted octanol–water partition coefficient (Wildman–Crippen LogP) is 3.51. The highest BCUT2D eigenvalue weighted by Crippen LogP contribution is 2.26. The maximum atomic E-state index is 12.9. The summed E-state index contributed by atoms with van der Waals surface area (Å²) in [6.07, 6.45) is 0. The van der Waals surface area contributed by atoms with Crippen LogP contribution in [-0.4, -0.2) is 30.2 Å². The molecule has 0 aliphatic rings. The Morgan fingerprint density at radius 3 is 2.67 bits per heavy atom. The van der Waals surface area contributed by atoms with Crippen LogP contribution in [0.25, 0.3) is 0 Å². The molecule has 0 saturated heterocycles. The van der Waals surface area contributed by atoms with Crippen molar-refractivity contribution in [3.05, 3.63) is 59.9 Å². The fraction of sp³-hybridized carbons (Fsp3) is 0.222. The second kappa shape index (κ2) is 9.06. The molecule has 6 heteroatoms. The average molecular weight is 343 g/mol. The molecule has 0 bridgehead atoms. The lowest BCUT2D eigenvalue weighted by Gasteiger charge is -2.17. The number of nitrogens with zero attached hydrogens (tertiary/aromatic N) is 2. The van der Waals surface area contributed by atoms with Gasteiger partial charge in [-0.25, -0.2) is 4.39 Å². The number of thioether (sulfide) groups is 1. The molecule has 0 heterocycles. The number of para-hydroxylation sites is 1. The van der Waals surface area contributed by atoms with Crippen LogP contribution in [-0.2, 0) is 11.3 Å². The Morgan fingerprint density at radius 1 is 1.25 bits per heavy atom. The lowest BCUT2D eigenvalue weighted by molar-refractivity contribution is -0.117. The summed E-state index contributed by atoms with van der Waals surface area (Å²) in [7, 11) is 1.83. The number of carbonyl (C=O) groups excluding carboxylic acids is 1. The van der Waals surface area contributed by atoms with Gasteiger partial charge < -0.3 is 5.32 Å². The highest BCUT2D eigenvalue weighted by atomic mass is 32.2. The largest absolute Gasteiger partial charge is 0.324 e. The van der Waals surface area contributed by atoms with Crippen molar-refractivity contribution >= 4 is 23.4 Å². The van der Waals surface area contributed by atoms with Crippen LogP contribution in [0.3, 0.4) is 0 Å². The predicted molar refractivity (Wildman–Crippen MR) is 94.1 cm³/mol. The zero-order chi connectivity index (χ0) is 17.4. The number of amides is 1. The smallest absolute Gasteiger partial charge is 0.238 e. The summed E-state index contributed by atoms with van der Waals surface area (Å²) in [5.41, 5.74) is 1.65. The van der Waals surface area contributed by atoms with E-state index >= 15 is 0 Å². The van der Waals surface area contributed by atoms with Crippen LogP contribution in [0, 0.1) is 17.1 Å². The third-order valence-corrected chi connectivity index (χ3v) is 4.17. The number of benzene rings is 2. The molecule has 4 nitrogen and oxygen atoms in total. The summed E-state index contributed by atoms with van der Waals surface area (Å²) >= 11 is 1.39. The van der Waals surface area contributed by atoms with E-state index < -0.39 is 0 Å². The molecular formula is C18H18FN3OS. The second-order valence-corrected chi connectivity index (χ2v) is 6.31. The molecule has 0 radical (unpaired) electrons. The van der Waals surface area contributed by atoms with Crippen molar-refractivity contribution in [3.8, 4) is 6.07 Å². The number of nitrogens with one attached hydrogen (secondary N) is 1. The Morgan fingerprint density at radius 2 is 1.96 bits per heavy atom. The fourth-order valence-corrected chi connectivity index (χ4v) is 2.87. The Kier molecular flexibility index (Phi) is 6.79.